The number of aromatic nitrogens is 2. The van der Waals surface area contributed by atoms with Crippen LogP contribution >= 0.6 is 15.9 Å². The molecule has 0 amide bonds. The van der Waals surface area contributed by atoms with Gasteiger partial charge >= 0.3 is 0 Å². The Bertz CT molecular complexity index is 402. The molecule has 0 spiro atoms. The molecular weight excluding hydrogens is 294 g/mol. The lowest BCUT2D eigenvalue weighted by Crippen LogP contribution is -2.39. The third kappa shape index (κ3) is 4.53. The van der Waals surface area contributed by atoms with E-state index in [-0.39, 0.29) is 5.92 Å². The van der Waals surface area contributed by atoms with E-state index in [9.17, 15) is 5.11 Å². The average molecular weight is 316 g/mol. The van der Waals surface area contributed by atoms with Crippen LogP contribution < -0.4 is 4.90 Å². The van der Waals surface area contributed by atoms with Crippen molar-refractivity contribution in [2.24, 2.45) is 0 Å². The SMILES string of the molecule is CCN(CC(C)(C)O)c1cc(Br)nc(C(C)C)n1. The highest BCUT2D eigenvalue weighted by Crippen LogP contribution is 2.21. The summed E-state index contributed by atoms with van der Waals surface area (Å²) in [7, 11) is 0. The van der Waals surface area contributed by atoms with Crippen LogP contribution in [0, 0.1) is 0 Å². The number of rotatable bonds is 5. The topological polar surface area (TPSA) is 49.2 Å². The molecule has 1 aromatic rings. The molecule has 0 unspecified atom stereocenters. The second kappa shape index (κ2) is 5.97. The van der Waals surface area contributed by atoms with Gasteiger partial charge in [0.25, 0.3) is 0 Å². The van der Waals surface area contributed by atoms with Gasteiger partial charge in [0.2, 0.25) is 0 Å². The first-order valence-corrected chi connectivity index (χ1v) is 7.04. The van der Waals surface area contributed by atoms with Gasteiger partial charge in [-0.25, -0.2) is 9.97 Å². The van der Waals surface area contributed by atoms with Gasteiger partial charge in [0.1, 0.15) is 16.2 Å². The van der Waals surface area contributed by atoms with Crippen LogP contribution in [-0.2, 0) is 0 Å². The zero-order valence-electron chi connectivity index (χ0n) is 11.7. The Morgan fingerprint density at radius 1 is 1.39 bits per heavy atom. The molecule has 4 nitrogen and oxygen atoms in total. The van der Waals surface area contributed by atoms with Crippen LogP contribution in [0.25, 0.3) is 0 Å². The van der Waals surface area contributed by atoms with E-state index in [0.29, 0.717) is 6.54 Å². The van der Waals surface area contributed by atoms with E-state index in [1.54, 1.807) is 13.8 Å². The van der Waals surface area contributed by atoms with Crippen molar-refractivity contribution < 1.29 is 5.11 Å². The van der Waals surface area contributed by atoms with Crippen LogP contribution in [0.5, 0.6) is 0 Å². The van der Waals surface area contributed by atoms with Crippen LogP contribution in [0.3, 0.4) is 0 Å². The summed E-state index contributed by atoms with van der Waals surface area (Å²) in [4.78, 5) is 11.0. The lowest BCUT2D eigenvalue weighted by molar-refractivity contribution is 0.0874. The molecule has 0 aliphatic heterocycles. The fourth-order valence-corrected chi connectivity index (χ4v) is 2.05. The molecule has 5 heteroatoms. The monoisotopic (exact) mass is 315 g/mol. The largest absolute Gasteiger partial charge is 0.389 e. The predicted molar refractivity (Wildman–Crippen MR) is 78.0 cm³/mol. The van der Waals surface area contributed by atoms with E-state index in [0.717, 1.165) is 22.8 Å². The van der Waals surface area contributed by atoms with Gasteiger partial charge < -0.3 is 10.0 Å². The average Bonchev–Trinajstić information content (AvgIpc) is 2.23. The minimum atomic E-state index is -0.745. The minimum Gasteiger partial charge on any atom is -0.389 e. The zero-order valence-corrected chi connectivity index (χ0v) is 13.3. The first-order valence-electron chi connectivity index (χ1n) is 6.24. The Kier molecular flexibility index (Phi) is 5.10. The standard InChI is InChI=1S/C13H22BrN3O/c1-6-17(8-13(4,5)18)11-7-10(14)15-12(16-11)9(2)3/h7,9,18H,6,8H2,1-5H3. The molecule has 0 radical (unpaired) electrons. The Morgan fingerprint density at radius 3 is 2.44 bits per heavy atom. The minimum absolute atomic E-state index is 0.280. The summed E-state index contributed by atoms with van der Waals surface area (Å²) < 4.78 is 0.783. The number of hydrogen-bond acceptors (Lipinski definition) is 4. The quantitative estimate of drug-likeness (QED) is 0.849. The molecule has 1 heterocycles. The normalized spacial score (nSPS) is 12.0. The Hall–Kier alpha value is -0.680. The third-order valence-corrected chi connectivity index (χ3v) is 2.90. The molecule has 0 aliphatic rings. The third-order valence-electron chi connectivity index (χ3n) is 2.50. The van der Waals surface area contributed by atoms with Crippen molar-refractivity contribution in [1.82, 2.24) is 9.97 Å². The molecule has 18 heavy (non-hydrogen) atoms. The summed E-state index contributed by atoms with van der Waals surface area (Å²) in [5.41, 5.74) is -0.745. The van der Waals surface area contributed by atoms with Crippen molar-refractivity contribution in [3.8, 4) is 0 Å². The number of aliphatic hydroxyl groups is 1. The maximum absolute atomic E-state index is 9.93. The smallest absolute Gasteiger partial charge is 0.134 e. The molecule has 1 N–H and O–H groups in total. The van der Waals surface area contributed by atoms with Gasteiger partial charge in [-0.3, -0.25) is 0 Å². The Balaban J connectivity index is 3.05. The Labute approximate surface area is 118 Å². The molecule has 0 bridgehead atoms. The van der Waals surface area contributed by atoms with Gasteiger partial charge in [-0.2, -0.15) is 0 Å². The van der Waals surface area contributed by atoms with E-state index < -0.39 is 5.60 Å². The van der Waals surface area contributed by atoms with Gasteiger partial charge in [0.15, 0.2) is 0 Å². The highest BCUT2D eigenvalue weighted by Gasteiger charge is 2.19. The van der Waals surface area contributed by atoms with E-state index in [1.807, 2.05) is 6.07 Å². The molecule has 0 saturated carbocycles. The second-order valence-electron chi connectivity index (χ2n) is 5.39. The maximum atomic E-state index is 9.93. The maximum Gasteiger partial charge on any atom is 0.134 e. The van der Waals surface area contributed by atoms with Gasteiger partial charge in [0, 0.05) is 25.1 Å². The van der Waals surface area contributed by atoms with E-state index >= 15 is 0 Å². The zero-order chi connectivity index (χ0) is 13.9. The molecule has 102 valence electrons. The predicted octanol–water partition coefficient (Wildman–Crippen LogP) is 2.96. The van der Waals surface area contributed by atoms with Crippen LogP contribution in [-0.4, -0.2) is 33.8 Å². The van der Waals surface area contributed by atoms with Crippen LogP contribution in [0.4, 0.5) is 5.82 Å². The number of halogens is 1. The number of likely N-dealkylation sites (N-methyl/N-ethyl adjacent to an activating group) is 1. The summed E-state index contributed by atoms with van der Waals surface area (Å²) in [6.45, 7) is 11.1. The van der Waals surface area contributed by atoms with Crippen LogP contribution in [0.2, 0.25) is 0 Å². The van der Waals surface area contributed by atoms with Crippen LogP contribution in [0.1, 0.15) is 46.4 Å². The van der Waals surface area contributed by atoms with Crippen molar-refractivity contribution in [3.05, 3.63) is 16.5 Å². The number of nitrogens with zero attached hydrogens (tertiary/aromatic N) is 3. The van der Waals surface area contributed by atoms with Crippen molar-refractivity contribution in [2.45, 2.75) is 46.1 Å². The molecule has 0 fully saturated rings. The lowest BCUT2D eigenvalue weighted by atomic mass is 10.1. The highest BCUT2D eigenvalue weighted by atomic mass is 79.9. The van der Waals surface area contributed by atoms with Gasteiger partial charge in [-0.15, -0.1) is 0 Å². The van der Waals surface area contributed by atoms with Gasteiger partial charge in [-0.1, -0.05) is 13.8 Å². The first-order chi connectivity index (χ1) is 8.23. The van der Waals surface area contributed by atoms with Crippen molar-refractivity contribution in [3.63, 3.8) is 0 Å². The molecule has 0 saturated heterocycles. The summed E-state index contributed by atoms with van der Waals surface area (Å²) in [6.07, 6.45) is 0. The van der Waals surface area contributed by atoms with Crippen molar-refractivity contribution in [1.29, 1.82) is 0 Å². The Morgan fingerprint density at radius 2 is 2.00 bits per heavy atom. The first kappa shape index (κ1) is 15.4. The molecule has 0 atom stereocenters. The summed E-state index contributed by atoms with van der Waals surface area (Å²) in [5.74, 6) is 1.95. The molecule has 1 aromatic heterocycles. The summed E-state index contributed by atoms with van der Waals surface area (Å²) >= 11 is 3.42. The molecule has 0 aliphatic carbocycles. The van der Waals surface area contributed by atoms with Gasteiger partial charge in [-0.05, 0) is 36.7 Å². The number of hydrogen-bond donors (Lipinski definition) is 1. The highest BCUT2D eigenvalue weighted by molar-refractivity contribution is 9.10. The molecule has 0 aromatic carbocycles. The summed E-state index contributed by atoms with van der Waals surface area (Å²) in [6, 6.07) is 1.89. The van der Waals surface area contributed by atoms with Crippen LogP contribution in [0.15, 0.2) is 10.7 Å². The van der Waals surface area contributed by atoms with E-state index in [1.165, 1.54) is 0 Å². The number of anilines is 1. The van der Waals surface area contributed by atoms with E-state index in [2.05, 4.69) is 51.6 Å². The second-order valence-corrected chi connectivity index (χ2v) is 6.20. The fourth-order valence-electron chi connectivity index (χ4n) is 1.66. The fraction of sp³-hybridized carbons (Fsp3) is 0.692. The van der Waals surface area contributed by atoms with E-state index in [4.69, 9.17) is 0 Å². The molecular formula is C13H22BrN3O. The summed E-state index contributed by atoms with van der Waals surface area (Å²) in [5, 5.41) is 9.93. The molecule has 1 rings (SSSR count). The van der Waals surface area contributed by atoms with Crippen molar-refractivity contribution >= 4 is 21.7 Å². The van der Waals surface area contributed by atoms with Gasteiger partial charge in [0.05, 0.1) is 5.60 Å². The lowest BCUT2D eigenvalue weighted by Gasteiger charge is -2.29. The van der Waals surface area contributed by atoms with Crippen molar-refractivity contribution in [2.75, 3.05) is 18.0 Å².